The standard InChI is InChI=1S/C31H35N3O4/c1-3-14-32-30(36)23-9-7-8-21(16-23)22-12-13-29(38-15-4-2)27(18-22)31(37)34-25(20-35)17-24-19-33-28-11-6-5-10-26(24)28/h5-13,16,18-19,25,33,35H,3-4,14-15,17,20H2,1-2H3,(H,32,36)(H,34,37). The van der Waals surface area contributed by atoms with Crippen molar-refractivity contribution in [3.8, 4) is 16.9 Å². The van der Waals surface area contributed by atoms with Crippen LogP contribution < -0.4 is 15.4 Å². The molecule has 2 amide bonds. The van der Waals surface area contributed by atoms with Crippen LogP contribution in [-0.4, -0.2) is 47.7 Å². The zero-order chi connectivity index (χ0) is 26.9. The van der Waals surface area contributed by atoms with Crippen molar-refractivity contribution in [3.05, 3.63) is 89.6 Å². The summed E-state index contributed by atoms with van der Waals surface area (Å²) in [6.07, 6.45) is 4.06. The minimum absolute atomic E-state index is 0.127. The van der Waals surface area contributed by atoms with Crippen LogP contribution in [0.3, 0.4) is 0 Å². The maximum absolute atomic E-state index is 13.5. The molecule has 38 heavy (non-hydrogen) atoms. The van der Waals surface area contributed by atoms with Gasteiger partial charge in [-0.2, -0.15) is 0 Å². The lowest BCUT2D eigenvalue weighted by Gasteiger charge is -2.18. The number of para-hydroxylation sites is 1. The van der Waals surface area contributed by atoms with Crippen LogP contribution in [0, 0.1) is 0 Å². The fourth-order valence-corrected chi connectivity index (χ4v) is 4.40. The molecule has 0 aliphatic carbocycles. The number of aromatic nitrogens is 1. The van der Waals surface area contributed by atoms with Crippen LogP contribution in [0.15, 0.2) is 72.9 Å². The van der Waals surface area contributed by atoms with Gasteiger partial charge in [-0.05, 0) is 66.3 Å². The summed E-state index contributed by atoms with van der Waals surface area (Å²) in [6.45, 7) is 4.90. The summed E-state index contributed by atoms with van der Waals surface area (Å²) in [7, 11) is 0. The van der Waals surface area contributed by atoms with Gasteiger partial charge in [0, 0.05) is 29.2 Å². The Kier molecular flexibility index (Phi) is 9.16. The van der Waals surface area contributed by atoms with Crippen LogP contribution in [0.25, 0.3) is 22.0 Å². The second kappa shape index (κ2) is 12.9. The number of aromatic amines is 1. The van der Waals surface area contributed by atoms with Crippen molar-refractivity contribution in [1.29, 1.82) is 0 Å². The summed E-state index contributed by atoms with van der Waals surface area (Å²) in [5.41, 5.74) is 4.60. The molecule has 7 heteroatoms. The summed E-state index contributed by atoms with van der Waals surface area (Å²) in [6, 6.07) is 20.3. The first kappa shape index (κ1) is 26.9. The molecular formula is C31H35N3O4. The maximum atomic E-state index is 13.5. The van der Waals surface area contributed by atoms with Gasteiger partial charge in [0.05, 0.1) is 24.8 Å². The number of H-pyrrole nitrogens is 1. The van der Waals surface area contributed by atoms with Crippen molar-refractivity contribution in [2.75, 3.05) is 19.8 Å². The van der Waals surface area contributed by atoms with Crippen LogP contribution in [0.2, 0.25) is 0 Å². The van der Waals surface area contributed by atoms with Gasteiger partial charge in [-0.3, -0.25) is 9.59 Å². The Hall–Kier alpha value is -4.10. The first-order valence-corrected chi connectivity index (χ1v) is 13.2. The van der Waals surface area contributed by atoms with Gasteiger partial charge < -0.3 is 25.5 Å². The molecule has 1 atom stereocenters. The molecule has 4 rings (SSSR count). The monoisotopic (exact) mass is 513 g/mol. The molecular weight excluding hydrogens is 478 g/mol. The predicted octanol–water partition coefficient (Wildman–Crippen LogP) is 5.10. The van der Waals surface area contributed by atoms with Crippen molar-refractivity contribution in [2.24, 2.45) is 0 Å². The number of carbonyl (C=O) groups excluding carboxylic acids is 2. The first-order valence-electron chi connectivity index (χ1n) is 13.2. The van der Waals surface area contributed by atoms with Crippen LogP contribution >= 0.6 is 0 Å². The number of aliphatic hydroxyl groups is 1. The van der Waals surface area contributed by atoms with Gasteiger partial charge in [-0.1, -0.05) is 50.2 Å². The zero-order valence-corrected chi connectivity index (χ0v) is 21.9. The van der Waals surface area contributed by atoms with Gasteiger partial charge in [0.2, 0.25) is 0 Å². The third kappa shape index (κ3) is 6.42. The molecule has 1 heterocycles. The highest BCUT2D eigenvalue weighted by Crippen LogP contribution is 2.28. The number of amides is 2. The van der Waals surface area contributed by atoms with Crippen LogP contribution in [0.1, 0.15) is 53.0 Å². The SMILES string of the molecule is CCCNC(=O)c1cccc(-c2ccc(OCCC)c(C(=O)NC(CO)Cc3c[nH]c4ccccc34)c2)c1. The van der Waals surface area contributed by atoms with Crippen molar-refractivity contribution in [1.82, 2.24) is 15.6 Å². The van der Waals surface area contributed by atoms with E-state index in [4.69, 9.17) is 4.74 Å². The number of hydrogen-bond donors (Lipinski definition) is 4. The molecule has 1 aromatic heterocycles. The lowest BCUT2D eigenvalue weighted by molar-refractivity contribution is 0.0911. The number of hydrogen-bond acceptors (Lipinski definition) is 4. The van der Waals surface area contributed by atoms with Gasteiger partial charge in [-0.25, -0.2) is 0 Å². The molecule has 3 aromatic carbocycles. The highest BCUT2D eigenvalue weighted by Gasteiger charge is 2.20. The van der Waals surface area contributed by atoms with Crippen molar-refractivity contribution >= 4 is 22.7 Å². The maximum Gasteiger partial charge on any atom is 0.255 e. The lowest BCUT2D eigenvalue weighted by Crippen LogP contribution is -2.39. The normalized spacial score (nSPS) is 11.8. The number of nitrogens with one attached hydrogen (secondary N) is 3. The van der Waals surface area contributed by atoms with E-state index in [1.54, 1.807) is 18.2 Å². The minimum Gasteiger partial charge on any atom is -0.493 e. The minimum atomic E-state index is -0.477. The van der Waals surface area contributed by atoms with Crippen LogP contribution in [0.5, 0.6) is 5.75 Å². The lowest BCUT2D eigenvalue weighted by atomic mass is 9.99. The second-order valence-corrected chi connectivity index (χ2v) is 9.31. The quantitative estimate of drug-likeness (QED) is 0.212. The fourth-order valence-electron chi connectivity index (χ4n) is 4.40. The molecule has 0 aliphatic rings. The third-order valence-corrected chi connectivity index (χ3v) is 6.38. The Morgan fingerprint density at radius 3 is 2.55 bits per heavy atom. The number of benzene rings is 3. The molecule has 0 saturated carbocycles. The van der Waals surface area contributed by atoms with E-state index in [1.165, 1.54) is 0 Å². The molecule has 4 N–H and O–H groups in total. The summed E-state index contributed by atoms with van der Waals surface area (Å²) < 4.78 is 5.89. The predicted molar refractivity (Wildman–Crippen MR) is 151 cm³/mol. The van der Waals surface area contributed by atoms with Gasteiger partial charge in [0.15, 0.2) is 0 Å². The Morgan fingerprint density at radius 2 is 1.76 bits per heavy atom. The largest absolute Gasteiger partial charge is 0.493 e. The van der Waals surface area contributed by atoms with E-state index in [-0.39, 0.29) is 18.4 Å². The van der Waals surface area contributed by atoms with E-state index in [1.807, 2.05) is 68.6 Å². The molecule has 0 radical (unpaired) electrons. The average Bonchev–Trinajstić information content (AvgIpc) is 3.37. The van der Waals surface area contributed by atoms with Crippen molar-refractivity contribution in [3.63, 3.8) is 0 Å². The highest BCUT2D eigenvalue weighted by atomic mass is 16.5. The Labute approximate surface area is 223 Å². The Bertz CT molecular complexity index is 1390. The molecule has 7 nitrogen and oxygen atoms in total. The molecule has 0 fully saturated rings. The van der Waals surface area contributed by atoms with Crippen molar-refractivity contribution in [2.45, 2.75) is 39.2 Å². The van der Waals surface area contributed by atoms with Gasteiger partial charge in [-0.15, -0.1) is 0 Å². The fraction of sp³-hybridized carbons (Fsp3) is 0.290. The van der Waals surface area contributed by atoms with E-state index in [2.05, 4.69) is 15.6 Å². The molecule has 1 unspecified atom stereocenters. The molecule has 198 valence electrons. The number of rotatable bonds is 12. The van der Waals surface area contributed by atoms with E-state index in [0.29, 0.717) is 36.4 Å². The summed E-state index contributed by atoms with van der Waals surface area (Å²) in [4.78, 5) is 29.2. The van der Waals surface area contributed by atoms with E-state index >= 15 is 0 Å². The number of carbonyl (C=O) groups is 2. The molecule has 0 spiro atoms. The average molecular weight is 514 g/mol. The van der Waals surface area contributed by atoms with Crippen LogP contribution in [0.4, 0.5) is 0 Å². The van der Waals surface area contributed by atoms with Gasteiger partial charge in [0.25, 0.3) is 11.8 Å². The molecule has 0 saturated heterocycles. The summed E-state index contributed by atoms with van der Waals surface area (Å²) in [5.74, 6) is 0.0278. The topological polar surface area (TPSA) is 103 Å². The highest BCUT2D eigenvalue weighted by molar-refractivity contribution is 5.99. The first-order chi connectivity index (χ1) is 18.5. The molecule has 0 aliphatic heterocycles. The zero-order valence-electron chi connectivity index (χ0n) is 21.9. The van der Waals surface area contributed by atoms with E-state index in [0.717, 1.165) is 40.4 Å². The number of ether oxygens (including phenoxy) is 1. The molecule has 4 aromatic rings. The van der Waals surface area contributed by atoms with Crippen LogP contribution in [-0.2, 0) is 6.42 Å². The Balaban J connectivity index is 1.59. The van der Waals surface area contributed by atoms with Gasteiger partial charge >= 0.3 is 0 Å². The van der Waals surface area contributed by atoms with E-state index in [9.17, 15) is 14.7 Å². The number of fused-ring (bicyclic) bond motifs is 1. The van der Waals surface area contributed by atoms with Crippen molar-refractivity contribution < 1.29 is 19.4 Å². The smallest absolute Gasteiger partial charge is 0.255 e. The van der Waals surface area contributed by atoms with E-state index < -0.39 is 6.04 Å². The Morgan fingerprint density at radius 1 is 0.947 bits per heavy atom. The second-order valence-electron chi connectivity index (χ2n) is 9.31. The third-order valence-electron chi connectivity index (χ3n) is 6.38. The summed E-state index contributed by atoms with van der Waals surface area (Å²) in [5, 5.41) is 17.0. The molecule has 0 bridgehead atoms. The van der Waals surface area contributed by atoms with Gasteiger partial charge in [0.1, 0.15) is 5.75 Å². The number of aliphatic hydroxyl groups excluding tert-OH is 1. The summed E-state index contributed by atoms with van der Waals surface area (Å²) >= 11 is 0.